The van der Waals surface area contributed by atoms with Crippen molar-refractivity contribution in [3.05, 3.63) is 33.4 Å². The third kappa shape index (κ3) is 3.63. The number of phenolic OH excluding ortho intramolecular Hbond substituents is 2. The molecule has 6 bridgehead atoms. The average Bonchev–Trinajstić information content (AvgIpc) is 2.79. The maximum Gasteiger partial charge on any atom is 0.294 e. The number of carbonyl (C=O) groups is 2. The Morgan fingerprint density at radius 1 is 1.14 bits per heavy atom. The fourth-order valence-electron chi connectivity index (χ4n) is 9.64. The molecule has 8 rings (SSSR count). The Balaban J connectivity index is 1.28. The molecule has 0 radical (unpaired) electrons. The second-order valence-electron chi connectivity index (χ2n) is 13.3. The molecular weight excluding hydrogens is 476 g/mol. The Morgan fingerprint density at radius 3 is 2.35 bits per heavy atom. The minimum absolute atomic E-state index is 0.0557. The number of benzene rings is 1. The number of nitrogens with zero attached hydrogens (tertiary/aromatic N) is 1. The van der Waals surface area contributed by atoms with Gasteiger partial charge in [0.15, 0.2) is 0 Å². The molecule has 0 heterocycles. The summed E-state index contributed by atoms with van der Waals surface area (Å²) in [5.41, 5.74) is 0.388. The van der Waals surface area contributed by atoms with Gasteiger partial charge in [0, 0.05) is 30.4 Å². The van der Waals surface area contributed by atoms with Crippen LogP contribution in [0.2, 0.25) is 0 Å². The van der Waals surface area contributed by atoms with Crippen LogP contribution in [0.25, 0.3) is 0 Å². The third-order valence-electron chi connectivity index (χ3n) is 10.9. The smallest absolute Gasteiger partial charge is 0.294 e. The fourth-order valence-corrected chi connectivity index (χ4v) is 9.64. The number of ketones is 1. The summed E-state index contributed by atoms with van der Waals surface area (Å²) in [6.07, 6.45) is 6.32. The molecule has 9 nitrogen and oxygen atoms in total. The molecule has 0 spiro atoms. The van der Waals surface area contributed by atoms with Crippen LogP contribution < -0.4 is 5.32 Å². The SMILES string of the molecule is CC1(C)[C@@H]2C[C@H]1[C@H](c1c(O)cc(C34CC5CC(CC(C(=O)NCCO[N+](=O)[O-])(C5)C3)C4)cc1O)CC2=O. The first-order chi connectivity index (χ1) is 17.4. The van der Waals surface area contributed by atoms with E-state index in [1.807, 2.05) is 0 Å². The Labute approximate surface area is 216 Å². The van der Waals surface area contributed by atoms with Crippen LogP contribution in [0.4, 0.5) is 0 Å². The van der Waals surface area contributed by atoms with Gasteiger partial charge in [0.05, 0.1) is 5.41 Å². The van der Waals surface area contributed by atoms with Crippen LogP contribution in [-0.2, 0) is 19.8 Å². The lowest BCUT2D eigenvalue weighted by atomic mass is 9.42. The highest BCUT2D eigenvalue weighted by atomic mass is 16.9. The van der Waals surface area contributed by atoms with Crippen molar-refractivity contribution >= 4 is 11.7 Å². The van der Waals surface area contributed by atoms with E-state index in [1.54, 1.807) is 12.1 Å². The van der Waals surface area contributed by atoms with Gasteiger partial charge in [0.2, 0.25) is 5.91 Å². The molecule has 200 valence electrons. The van der Waals surface area contributed by atoms with Crippen LogP contribution in [0, 0.1) is 44.6 Å². The molecule has 37 heavy (non-hydrogen) atoms. The van der Waals surface area contributed by atoms with Gasteiger partial charge in [-0.05, 0) is 91.2 Å². The van der Waals surface area contributed by atoms with Crippen molar-refractivity contribution in [3.8, 4) is 11.5 Å². The summed E-state index contributed by atoms with van der Waals surface area (Å²) in [5.74, 6) is 1.17. The van der Waals surface area contributed by atoms with Gasteiger partial charge in [0.25, 0.3) is 5.09 Å². The van der Waals surface area contributed by atoms with E-state index in [-0.39, 0.29) is 64.9 Å². The van der Waals surface area contributed by atoms with E-state index in [2.05, 4.69) is 24.0 Å². The number of aromatic hydroxyl groups is 2. The molecule has 0 aliphatic heterocycles. The van der Waals surface area contributed by atoms with Gasteiger partial charge in [-0.1, -0.05) is 13.8 Å². The number of hydrogen-bond donors (Lipinski definition) is 3. The Hall–Kier alpha value is -2.84. The molecule has 7 fully saturated rings. The molecule has 0 aromatic heterocycles. The number of carbonyl (C=O) groups excluding carboxylic acids is 2. The molecule has 5 atom stereocenters. The zero-order valence-corrected chi connectivity index (χ0v) is 21.5. The van der Waals surface area contributed by atoms with E-state index < -0.39 is 10.5 Å². The number of fused-ring (bicyclic) bond motifs is 2. The lowest BCUT2D eigenvalue weighted by molar-refractivity contribution is -0.757. The highest BCUT2D eigenvalue weighted by molar-refractivity contribution is 5.86. The van der Waals surface area contributed by atoms with E-state index in [0.717, 1.165) is 44.1 Å². The number of phenols is 2. The van der Waals surface area contributed by atoms with E-state index in [1.165, 1.54) is 0 Å². The Morgan fingerprint density at radius 2 is 1.78 bits per heavy atom. The second kappa shape index (κ2) is 8.08. The van der Waals surface area contributed by atoms with Crippen molar-refractivity contribution in [2.24, 2.45) is 34.5 Å². The summed E-state index contributed by atoms with van der Waals surface area (Å²) in [7, 11) is 0. The Bertz CT molecular complexity index is 1140. The van der Waals surface area contributed by atoms with E-state index in [0.29, 0.717) is 30.2 Å². The topological polar surface area (TPSA) is 139 Å². The monoisotopic (exact) mass is 512 g/mol. The minimum atomic E-state index is -0.859. The molecular formula is C28H36N2O7. The molecule has 9 heteroatoms. The van der Waals surface area contributed by atoms with Gasteiger partial charge in [-0.2, -0.15) is 0 Å². The molecule has 7 aliphatic carbocycles. The van der Waals surface area contributed by atoms with Crippen LogP contribution in [0.1, 0.15) is 82.3 Å². The molecule has 7 saturated carbocycles. The first-order valence-electron chi connectivity index (χ1n) is 13.6. The maximum absolute atomic E-state index is 13.4. The normalized spacial score (nSPS) is 38.6. The van der Waals surface area contributed by atoms with Crippen LogP contribution in [0.5, 0.6) is 11.5 Å². The van der Waals surface area contributed by atoms with Gasteiger partial charge in [-0.15, -0.1) is 10.1 Å². The summed E-state index contributed by atoms with van der Waals surface area (Å²) in [5, 5.41) is 34.9. The second-order valence-corrected chi connectivity index (χ2v) is 13.3. The molecule has 1 aromatic rings. The third-order valence-corrected chi connectivity index (χ3v) is 10.9. The Kier molecular flexibility index (Phi) is 5.35. The maximum atomic E-state index is 13.4. The quantitative estimate of drug-likeness (QED) is 0.285. The molecule has 1 aromatic carbocycles. The highest BCUT2D eigenvalue weighted by Gasteiger charge is 2.62. The standard InChI is InChI=1S/C28H36N2O7/c1-26(2)19-9-20(26)21(31)8-18(19)24-22(32)6-17(7-23(24)33)27-10-15-5-16(11-27)13-28(12-15,14-27)25(34)29-3-4-37-30(35)36/h6-7,15-16,18-20,32-33H,3-5,8-14H2,1-2H3,(H,29,34)/t15?,16?,18-,19+,20-,27?,28?/m1/s1. The minimum Gasteiger partial charge on any atom is -0.508 e. The number of nitrogens with one attached hydrogen (secondary N) is 1. The van der Waals surface area contributed by atoms with Crippen molar-refractivity contribution in [1.29, 1.82) is 0 Å². The number of rotatable bonds is 7. The van der Waals surface area contributed by atoms with E-state index in [9.17, 15) is 29.9 Å². The van der Waals surface area contributed by atoms with Crippen LogP contribution in [-0.4, -0.2) is 40.1 Å². The van der Waals surface area contributed by atoms with Crippen molar-refractivity contribution in [2.75, 3.05) is 13.2 Å². The van der Waals surface area contributed by atoms with E-state index >= 15 is 0 Å². The number of Topliss-reactive ketones (excluding diaryl/α,β-unsaturated/α-hetero) is 1. The van der Waals surface area contributed by atoms with Crippen molar-refractivity contribution < 1.29 is 29.7 Å². The molecule has 1 amide bonds. The largest absolute Gasteiger partial charge is 0.508 e. The van der Waals surface area contributed by atoms with Crippen molar-refractivity contribution in [1.82, 2.24) is 5.32 Å². The fraction of sp³-hybridized carbons (Fsp3) is 0.714. The average molecular weight is 513 g/mol. The van der Waals surface area contributed by atoms with Gasteiger partial charge in [-0.3, -0.25) is 9.59 Å². The first kappa shape index (κ1) is 24.5. The van der Waals surface area contributed by atoms with Gasteiger partial charge in [-0.25, -0.2) is 0 Å². The van der Waals surface area contributed by atoms with Crippen LogP contribution in [0.3, 0.4) is 0 Å². The number of hydrogen-bond acceptors (Lipinski definition) is 7. The molecule has 7 aliphatic rings. The van der Waals surface area contributed by atoms with Gasteiger partial charge >= 0.3 is 0 Å². The molecule has 2 unspecified atom stereocenters. The summed E-state index contributed by atoms with van der Waals surface area (Å²) >= 11 is 0. The lowest BCUT2D eigenvalue weighted by Crippen LogP contribution is -2.59. The summed E-state index contributed by atoms with van der Waals surface area (Å²) < 4.78 is 0. The summed E-state index contributed by atoms with van der Waals surface area (Å²) in [6, 6.07) is 3.59. The highest BCUT2D eigenvalue weighted by Crippen LogP contribution is 2.67. The number of amides is 1. The molecule has 3 N–H and O–H groups in total. The zero-order chi connectivity index (χ0) is 26.3. The van der Waals surface area contributed by atoms with Gasteiger partial charge < -0.3 is 20.4 Å². The van der Waals surface area contributed by atoms with Crippen molar-refractivity contribution in [2.45, 2.75) is 76.5 Å². The molecule has 0 saturated heterocycles. The zero-order valence-electron chi connectivity index (χ0n) is 21.5. The summed E-state index contributed by atoms with van der Waals surface area (Å²) in [4.78, 5) is 40.9. The lowest BCUT2D eigenvalue weighted by Gasteiger charge is -2.61. The van der Waals surface area contributed by atoms with E-state index in [4.69, 9.17) is 0 Å². The predicted octanol–water partition coefficient (Wildman–Crippen LogP) is 3.98. The van der Waals surface area contributed by atoms with Crippen molar-refractivity contribution in [3.63, 3.8) is 0 Å². The van der Waals surface area contributed by atoms with Crippen LogP contribution in [0.15, 0.2) is 12.1 Å². The summed E-state index contributed by atoms with van der Waals surface area (Å²) in [6.45, 7) is 4.13. The predicted molar refractivity (Wildman–Crippen MR) is 132 cm³/mol. The van der Waals surface area contributed by atoms with Gasteiger partial charge in [0.1, 0.15) is 23.9 Å². The van der Waals surface area contributed by atoms with Crippen LogP contribution >= 0.6 is 0 Å². The first-order valence-corrected chi connectivity index (χ1v) is 13.6.